The molecular weight excluding hydrogens is 426 g/mol. The Bertz CT molecular complexity index is 948. The second-order valence-corrected chi connectivity index (χ2v) is 9.68. The third kappa shape index (κ3) is 4.54. The van der Waals surface area contributed by atoms with Gasteiger partial charge >= 0.3 is 0 Å². The molecule has 9 nitrogen and oxygen atoms in total. The van der Waals surface area contributed by atoms with Crippen molar-refractivity contribution in [2.45, 2.75) is 38.8 Å². The van der Waals surface area contributed by atoms with Crippen molar-refractivity contribution in [1.29, 1.82) is 0 Å². The smallest absolute Gasteiger partial charge is 0.261 e. The zero-order valence-corrected chi connectivity index (χ0v) is 19.2. The summed E-state index contributed by atoms with van der Waals surface area (Å²) in [5.41, 5.74) is -0.0472. The van der Waals surface area contributed by atoms with Crippen LogP contribution in [0.5, 0.6) is 11.5 Å². The van der Waals surface area contributed by atoms with Crippen LogP contribution in [-0.2, 0) is 19.2 Å². The molecule has 3 amide bonds. The number of carbonyl (C=O) groups excluding carboxylic acids is 4. The van der Waals surface area contributed by atoms with Gasteiger partial charge in [-0.2, -0.15) is 0 Å². The Hall–Kier alpha value is -3.10. The molecule has 0 radical (unpaired) electrons. The number of hydrogen-bond acceptors (Lipinski definition) is 6. The molecule has 2 heterocycles. The maximum absolute atomic E-state index is 13.2. The second-order valence-electron chi connectivity index (χ2n) is 9.68. The zero-order valence-electron chi connectivity index (χ0n) is 19.2. The number of amides is 3. The maximum atomic E-state index is 13.2. The monoisotopic (exact) mass is 457 g/mol. The van der Waals surface area contributed by atoms with Gasteiger partial charge in [0.1, 0.15) is 23.8 Å². The molecule has 9 heteroatoms. The summed E-state index contributed by atoms with van der Waals surface area (Å²) < 4.78 is 10.8. The normalized spacial score (nSPS) is 27.8. The Morgan fingerprint density at radius 2 is 2.09 bits per heavy atom. The number of ether oxygens (including phenoxy) is 2. The topological polar surface area (TPSA) is 114 Å². The van der Waals surface area contributed by atoms with E-state index in [1.54, 1.807) is 36.3 Å². The summed E-state index contributed by atoms with van der Waals surface area (Å²) in [7, 11) is 1.55. The molecular formula is C24H31N3O6. The number of nitrogens with one attached hydrogen (secondary N) is 2. The minimum atomic E-state index is -0.766. The number of hydrogen-bond donors (Lipinski definition) is 2. The van der Waals surface area contributed by atoms with Crippen LogP contribution in [0.2, 0.25) is 0 Å². The molecule has 2 N–H and O–H groups in total. The Balaban J connectivity index is 1.41. The van der Waals surface area contributed by atoms with Crippen molar-refractivity contribution in [3.8, 4) is 11.5 Å². The number of piperidine rings is 1. The van der Waals surface area contributed by atoms with E-state index in [-0.39, 0.29) is 53.9 Å². The molecule has 5 atom stereocenters. The van der Waals surface area contributed by atoms with Crippen molar-refractivity contribution in [3.05, 3.63) is 24.3 Å². The van der Waals surface area contributed by atoms with Crippen LogP contribution in [0.3, 0.4) is 0 Å². The Labute approximate surface area is 193 Å². The molecule has 178 valence electrons. The standard InChI is InChI=1S/C24H31N3O6/c1-24(2)18-11-27(19(29)13-33-17-6-4-5-16(10-17)32-3)21(20(18)24)23(31)26-15(12-28)9-14-7-8-25-22(14)30/h4-6,10,12,14-15,18,20-21H,7-9,11,13H2,1-3H3,(H,25,30)(H,26,31)/t14-,15-,18?,20-,21-/m0/s1. The first-order valence-electron chi connectivity index (χ1n) is 11.4. The summed E-state index contributed by atoms with van der Waals surface area (Å²) in [5, 5.41) is 5.53. The Kier molecular flexibility index (Phi) is 6.32. The average Bonchev–Trinajstić information content (AvgIpc) is 3.16. The minimum Gasteiger partial charge on any atom is -0.497 e. The van der Waals surface area contributed by atoms with Crippen LogP contribution in [0.15, 0.2) is 24.3 Å². The van der Waals surface area contributed by atoms with E-state index in [9.17, 15) is 19.2 Å². The number of methoxy groups -OCH3 is 1. The van der Waals surface area contributed by atoms with E-state index in [1.807, 2.05) is 0 Å². The van der Waals surface area contributed by atoms with E-state index in [4.69, 9.17) is 9.47 Å². The number of likely N-dealkylation sites (tertiary alicyclic amines) is 1. The first-order chi connectivity index (χ1) is 15.8. The molecule has 1 aliphatic carbocycles. The largest absolute Gasteiger partial charge is 0.497 e. The van der Waals surface area contributed by atoms with Gasteiger partial charge < -0.3 is 29.8 Å². The van der Waals surface area contributed by atoms with Crippen LogP contribution in [0.4, 0.5) is 0 Å². The summed E-state index contributed by atoms with van der Waals surface area (Å²) in [6.45, 7) is 5.05. The highest BCUT2D eigenvalue weighted by Crippen LogP contribution is 2.64. The highest BCUT2D eigenvalue weighted by atomic mass is 16.5. The summed E-state index contributed by atoms with van der Waals surface area (Å²) in [5.74, 6) is 0.373. The molecule has 1 unspecified atom stereocenters. The predicted octanol–water partition coefficient (Wildman–Crippen LogP) is 0.767. The van der Waals surface area contributed by atoms with Crippen LogP contribution in [0.1, 0.15) is 26.7 Å². The summed E-state index contributed by atoms with van der Waals surface area (Å²) >= 11 is 0. The van der Waals surface area contributed by atoms with E-state index in [2.05, 4.69) is 24.5 Å². The van der Waals surface area contributed by atoms with Crippen LogP contribution in [0, 0.1) is 23.2 Å². The van der Waals surface area contributed by atoms with Crippen LogP contribution in [0.25, 0.3) is 0 Å². The van der Waals surface area contributed by atoms with Crippen LogP contribution in [-0.4, -0.2) is 67.8 Å². The van der Waals surface area contributed by atoms with Crippen molar-refractivity contribution in [2.24, 2.45) is 23.2 Å². The van der Waals surface area contributed by atoms with Crippen molar-refractivity contribution >= 4 is 24.0 Å². The van der Waals surface area contributed by atoms with Crippen molar-refractivity contribution in [3.63, 3.8) is 0 Å². The molecule has 1 aromatic carbocycles. The van der Waals surface area contributed by atoms with Gasteiger partial charge in [-0.1, -0.05) is 19.9 Å². The summed E-state index contributed by atoms with van der Waals surface area (Å²) in [6.07, 6.45) is 1.58. The molecule has 2 aliphatic heterocycles. The lowest BCUT2D eigenvalue weighted by Crippen LogP contribution is -2.53. The molecule has 3 aliphatic rings. The van der Waals surface area contributed by atoms with Crippen LogP contribution < -0.4 is 20.1 Å². The fourth-order valence-electron chi connectivity index (χ4n) is 5.36. The van der Waals surface area contributed by atoms with E-state index < -0.39 is 12.1 Å². The number of carbonyl (C=O) groups is 4. The van der Waals surface area contributed by atoms with E-state index in [0.29, 0.717) is 37.3 Å². The summed E-state index contributed by atoms with van der Waals surface area (Å²) in [4.78, 5) is 51.3. The Morgan fingerprint density at radius 3 is 2.76 bits per heavy atom. The summed E-state index contributed by atoms with van der Waals surface area (Å²) in [6, 6.07) is 5.55. The molecule has 33 heavy (non-hydrogen) atoms. The predicted molar refractivity (Wildman–Crippen MR) is 118 cm³/mol. The zero-order chi connectivity index (χ0) is 23.8. The number of benzene rings is 1. The van der Waals surface area contributed by atoms with Gasteiger partial charge in [0, 0.05) is 25.1 Å². The molecule has 0 aromatic heterocycles. The average molecular weight is 458 g/mol. The van der Waals surface area contributed by atoms with Gasteiger partial charge in [0.15, 0.2) is 6.61 Å². The van der Waals surface area contributed by atoms with Gasteiger partial charge in [-0.25, -0.2) is 0 Å². The van der Waals surface area contributed by atoms with Crippen molar-refractivity contribution in [1.82, 2.24) is 15.5 Å². The highest BCUT2D eigenvalue weighted by molar-refractivity contribution is 5.91. The molecule has 0 spiro atoms. The van der Waals surface area contributed by atoms with Crippen LogP contribution >= 0.6 is 0 Å². The lowest BCUT2D eigenvalue weighted by atomic mass is 9.97. The molecule has 3 fully saturated rings. The fourth-order valence-corrected chi connectivity index (χ4v) is 5.36. The van der Waals surface area contributed by atoms with Gasteiger partial charge in [0.05, 0.1) is 13.2 Å². The lowest BCUT2D eigenvalue weighted by Gasteiger charge is -2.31. The van der Waals surface area contributed by atoms with Gasteiger partial charge in [0.2, 0.25) is 11.8 Å². The quantitative estimate of drug-likeness (QED) is 0.530. The van der Waals surface area contributed by atoms with Gasteiger partial charge in [-0.3, -0.25) is 14.4 Å². The number of fused-ring (bicyclic) bond motifs is 1. The first kappa shape index (κ1) is 23.1. The molecule has 1 saturated carbocycles. The number of rotatable bonds is 9. The van der Waals surface area contributed by atoms with E-state index in [0.717, 1.165) is 0 Å². The van der Waals surface area contributed by atoms with Gasteiger partial charge in [-0.05, 0) is 42.2 Å². The minimum absolute atomic E-state index is 0.0281. The number of aldehydes is 1. The van der Waals surface area contributed by atoms with E-state index >= 15 is 0 Å². The molecule has 2 saturated heterocycles. The fraction of sp³-hybridized carbons (Fsp3) is 0.583. The van der Waals surface area contributed by atoms with Gasteiger partial charge in [-0.15, -0.1) is 0 Å². The molecule has 4 rings (SSSR count). The number of nitrogens with zero attached hydrogens (tertiary/aromatic N) is 1. The molecule has 0 bridgehead atoms. The second kappa shape index (κ2) is 9.03. The maximum Gasteiger partial charge on any atom is 0.261 e. The highest BCUT2D eigenvalue weighted by Gasteiger charge is 2.69. The third-order valence-corrected chi connectivity index (χ3v) is 7.39. The van der Waals surface area contributed by atoms with Gasteiger partial charge in [0.25, 0.3) is 5.91 Å². The Morgan fingerprint density at radius 1 is 1.33 bits per heavy atom. The third-order valence-electron chi connectivity index (χ3n) is 7.39. The van der Waals surface area contributed by atoms with E-state index in [1.165, 1.54) is 0 Å². The lowest BCUT2D eigenvalue weighted by molar-refractivity contribution is -0.142. The van der Waals surface area contributed by atoms with Crippen molar-refractivity contribution < 1.29 is 28.7 Å². The SMILES string of the molecule is COc1cccc(OCC(=O)N2CC3[C@@H]([C@H]2C(=O)N[C@H](C=O)C[C@@H]2CCNC2=O)C3(C)C)c1. The van der Waals surface area contributed by atoms with Crippen molar-refractivity contribution in [2.75, 3.05) is 26.8 Å². The molecule has 1 aromatic rings. The first-order valence-corrected chi connectivity index (χ1v) is 11.4.